The lowest BCUT2D eigenvalue weighted by Gasteiger charge is -2.36. The van der Waals surface area contributed by atoms with Crippen molar-refractivity contribution < 1.29 is 4.39 Å². The van der Waals surface area contributed by atoms with E-state index in [0.717, 1.165) is 49.8 Å². The van der Waals surface area contributed by atoms with Crippen molar-refractivity contribution in [3.05, 3.63) is 72.3 Å². The Hall–Kier alpha value is -3.03. The van der Waals surface area contributed by atoms with Crippen molar-refractivity contribution in [2.45, 2.75) is 6.54 Å². The molecule has 1 saturated heterocycles. The molecule has 0 unspecified atom stereocenters. The van der Waals surface area contributed by atoms with E-state index in [4.69, 9.17) is 0 Å². The molecular weight excluding hydrogens is 379 g/mol. The number of benzene rings is 2. The van der Waals surface area contributed by atoms with Gasteiger partial charge >= 0.3 is 0 Å². The minimum Gasteiger partial charge on any atom is -0.366 e. The van der Waals surface area contributed by atoms with Gasteiger partial charge in [0.2, 0.25) is 5.95 Å². The van der Waals surface area contributed by atoms with Gasteiger partial charge in [0, 0.05) is 57.7 Å². The maximum atomic E-state index is 14.0. The highest BCUT2D eigenvalue weighted by Gasteiger charge is 2.21. The molecule has 1 N–H and O–H groups in total. The molecule has 156 valence electrons. The summed E-state index contributed by atoms with van der Waals surface area (Å²) in [4.78, 5) is 13.4. The van der Waals surface area contributed by atoms with Crippen molar-refractivity contribution in [1.29, 1.82) is 0 Å². The second-order valence-electron chi connectivity index (χ2n) is 7.48. The van der Waals surface area contributed by atoms with Crippen molar-refractivity contribution >= 4 is 11.6 Å². The summed E-state index contributed by atoms with van der Waals surface area (Å²) >= 11 is 0. The zero-order valence-electron chi connectivity index (χ0n) is 17.4. The van der Waals surface area contributed by atoms with Crippen LogP contribution in [0.1, 0.15) is 5.56 Å². The molecule has 2 aromatic carbocycles. The number of hydrazine groups is 1. The van der Waals surface area contributed by atoms with Crippen LogP contribution in [0.4, 0.5) is 16.0 Å². The number of hydrogen-bond acceptors (Lipinski definition) is 6. The van der Waals surface area contributed by atoms with E-state index in [0.29, 0.717) is 5.69 Å². The van der Waals surface area contributed by atoms with Gasteiger partial charge in [0.15, 0.2) is 0 Å². The molecule has 2 heterocycles. The summed E-state index contributed by atoms with van der Waals surface area (Å²) < 4.78 is 14.0. The van der Waals surface area contributed by atoms with E-state index in [2.05, 4.69) is 49.5 Å². The maximum Gasteiger partial charge on any atom is 0.225 e. The number of nitrogens with one attached hydrogen (secondary N) is 1. The third kappa shape index (κ3) is 4.58. The summed E-state index contributed by atoms with van der Waals surface area (Å²) in [5.74, 6) is 0.549. The molecule has 0 spiro atoms. The van der Waals surface area contributed by atoms with Gasteiger partial charge in [-0.1, -0.05) is 30.3 Å². The van der Waals surface area contributed by atoms with Gasteiger partial charge in [-0.15, -0.1) is 0 Å². The summed E-state index contributed by atoms with van der Waals surface area (Å²) in [6, 6.07) is 15.4. The molecule has 30 heavy (non-hydrogen) atoms. The third-order valence-electron chi connectivity index (χ3n) is 5.46. The lowest BCUT2D eigenvalue weighted by molar-refractivity contribution is 0.252. The first-order valence-corrected chi connectivity index (χ1v) is 10.2. The Morgan fingerprint density at radius 2 is 1.63 bits per heavy atom. The van der Waals surface area contributed by atoms with E-state index >= 15 is 0 Å². The van der Waals surface area contributed by atoms with Gasteiger partial charge < -0.3 is 9.80 Å². The third-order valence-corrected chi connectivity index (χ3v) is 5.46. The zero-order chi connectivity index (χ0) is 20.9. The summed E-state index contributed by atoms with van der Waals surface area (Å²) in [6.45, 7) is 3.83. The number of aromatic nitrogens is 2. The van der Waals surface area contributed by atoms with Crippen LogP contribution in [-0.4, -0.2) is 55.3 Å². The standard InChI is InChI=1S/C23H27FN6/c1-25-28(2)17-18-6-5-7-19(14-18)20-15-26-23(27-16-20)30-12-10-29(11-13-30)22-9-4-3-8-21(22)24/h3-9,14-16,25H,10-13,17H2,1-2H3. The van der Waals surface area contributed by atoms with Crippen molar-refractivity contribution in [3.63, 3.8) is 0 Å². The van der Waals surface area contributed by atoms with Gasteiger partial charge in [0.05, 0.1) is 5.69 Å². The molecule has 1 fully saturated rings. The molecule has 4 rings (SSSR count). The van der Waals surface area contributed by atoms with Gasteiger partial charge in [-0.05, 0) is 36.4 Å². The molecule has 0 aliphatic carbocycles. The van der Waals surface area contributed by atoms with E-state index in [9.17, 15) is 4.39 Å². The van der Waals surface area contributed by atoms with Crippen molar-refractivity contribution in [3.8, 4) is 11.1 Å². The molecule has 0 atom stereocenters. The Bertz CT molecular complexity index is 969. The largest absolute Gasteiger partial charge is 0.366 e. The minimum absolute atomic E-state index is 0.172. The van der Waals surface area contributed by atoms with Crippen LogP contribution < -0.4 is 15.2 Å². The molecule has 0 bridgehead atoms. The molecule has 0 radical (unpaired) electrons. The van der Waals surface area contributed by atoms with E-state index < -0.39 is 0 Å². The van der Waals surface area contributed by atoms with Crippen LogP contribution in [0.25, 0.3) is 11.1 Å². The molecule has 7 heteroatoms. The highest BCUT2D eigenvalue weighted by Crippen LogP contribution is 2.23. The monoisotopic (exact) mass is 406 g/mol. The van der Waals surface area contributed by atoms with Gasteiger partial charge in [0.1, 0.15) is 5.82 Å². The first-order chi connectivity index (χ1) is 14.6. The Balaban J connectivity index is 1.41. The highest BCUT2D eigenvalue weighted by atomic mass is 19.1. The first kappa shape index (κ1) is 20.3. The van der Waals surface area contributed by atoms with Crippen LogP contribution in [0.2, 0.25) is 0 Å². The van der Waals surface area contributed by atoms with Crippen molar-refractivity contribution in [2.24, 2.45) is 0 Å². The zero-order valence-corrected chi connectivity index (χ0v) is 17.4. The number of piperazine rings is 1. The van der Waals surface area contributed by atoms with Crippen LogP contribution >= 0.6 is 0 Å². The van der Waals surface area contributed by atoms with E-state index in [1.807, 2.05) is 43.6 Å². The first-order valence-electron chi connectivity index (χ1n) is 10.2. The summed E-state index contributed by atoms with van der Waals surface area (Å²) in [7, 11) is 3.92. The fraction of sp³-hybridized carbons (Fsp3) is 0.304. The fourth-order valence-electron chi connectivity index (χ4n) is 3.69. The number of anilines is 2. The predicted molar refractivity (Wildman–Crippen MR) is 119 cm³/mol. The second-order valence-corrected chi connectivity index (χ2v) is 7.48. The number of para-hydroxylation sites is 1. The smallest absolute Gasteiger partial charge is 0.225 e. The molecular formula is C23H27FN6. The summed E-state index contributed by atoms with van der Waals surface area (Å²) in [5, 5.41) is 2.03. The number of hydrogen-bond donors (Lipinski definition) is 1. The lowest BCUT2D eigenvalue weighted by atomic mass is 10.1. The van der Waals surface area contributed by atoms with E-state index in [-0.39, 0.29) is 5.82 Å². The SMILES string of the molecule is CNN(C)Cc1cccc(-c2cnc(N3CCN(c4ccccc4F)CC3)nc2)c1. The second kappa shape index (κ2) is 9.19. The maximum absolute atomic E-state index is 14.0. The quantitative estimate of drug-likeness (QED) is 0.635. The van der Waals surface area contributed by atoms with Gasteiger partial charge in [-0.3, -0.25) is 5.43 Å². The van der Waals surface area contributed by atoms with E-state index in [1.54, 1.807) is 6.07 Å². The number of rotatable bonds is 6. The molecule has 3 aromatic rings. The average molecular weight is 407 g/mol. The Morgan fingerprint density at radius 1 is 0.933 bits per heavy atom. The van der Waals surface area contributed by atoms with Crippen molar-refractivity contribution in [2.75, 3.05) is 50.1 Å². The highest BCUT2D eigenvalue weighted by molar-refractivity contribution is 5.63. The average Bonchev–Trinajstić information content (AvgIpc) is 2.80. The Kier molecular flexibility index (Phi) is 6.21. The summed E-state index contributed by atoms with van der Waals surface area (Å²) in [6.07, 6.45) is 3.76. The molecule has 1 aromatic heterocycles. The van der Waals surface area contributed by atoms with E-state index in [1.165, 1.54) is 11.6 Å². The van der Waals surface area contributed by atoms with Gasteiger partial charge in [-0.25, -0.2) is 19.4 Å². The van der Waals surface area contributed by atoms with Crippen LogP contribution in [0.3, 0.4) is 0 Å². The predicted octanol–water partition coefficient (Wildman–Crippen LogP) is 3.18. The normalized spacial score (nSPS) is 14.4. The molecule has 1 aliphatic heterocycles. The molecule has 0 amide bonds. The molecule has 6 nitrogen and oxygen atoms in total. The Morgan fingerprint density at radius 3 is 2.33 bits per heavy atom. The number of nitrogens with zero attached hydrogens (tertiary/aromatic N) is 5. The Labute approximate surface area is 176 Å². The van der Waals surface area contributed by atoms with Gasteiger partial charge in [0.25, 0.3) is 0 Å². The van der Waals surface area contributed by atoms with Gasteiger partial charge in [-0.2, -0.15) is 0 Å². The topological polar surface area (TPSA) is 47.5 Å². The van der Waals surface area contributed by atoms with Crippen LogP contribution in [-0.2, 0) is 6.54 Å². The summed E-state index contributed by atoms with van der Waals surface area (Å²) in [5.41, 5.74) is 7.10. The lowest BCUT2D eigenvalue weighted by Crippen LogP contribution is -2.47. The minimum atomic E-state index is -0.172. The van der Waals surface area contributed by atoms with Crippen LogP contribution in [0.5, 0.6) is 0 Å². The molecule has 0 saturated carbocycles. The van der Waals surface area contributed by atoms with Crippen LogP contribution in [0.15, 0.2) is 60.9 Å². The molecule has 1 aliphatic rings. The fourth-order valence-corrected chi connectivity index (χ4v) is 3.69. The van der Waals surface area contributed by atoms with Crippen molar-refractivity contribution in [1.82, 2.24) is 20.4 Å². The number of halogens is 1. The van der Waals surface area contributed by atoms with Crippen LogP contribution in [0, 0.1) is 5.82 Å².